The van der Waals surface area contributed by atoms with Crippen LogP contribution in [-0.4, -0.2) is 44.8 Å². The summed E-state index contributed by atoms with van der Waals surface area (Å²) in [5.74, 6) is 1.11. The smallest absolute Gasteiger partial charge is 0.324 e. The third-order valence-corrected chi connectivity index (χ3v) is 8.11. The minimum atomic E-state index is -0.333. The van der Waals surface area contributed by atoms with E-state index in [9.17, 15) is 9.59 Å². The highest BCUT2D eigenvalue weighted by molar-refractivity contribution is 7.80. The van der Waals surface area contributed by atoms with Crippen molar-refractivity contribution in [1.82, 2.24) is 14.7 Å². The number of likely N-dealkylation sites (tertiary alicyclic amines) is 1. The zero-order valence-electron chi connectivity index (χ0n) is 26.3. The van der Waals surface area contributed by atoms with Gasteiger partial charge >= 0.3 is 6.03 Å². The lowest BCUT2D eigenvalue weighted by atomic mass is 9.90. The number of hydrogen-bond acceptors (Lipinski definition) is 4. The minimum Gasteiger partial charge on any atom is -0.376 e. The van der Waals surface area contributed by atoms with Gasteiger partial charge in [-0.15, -0.1) is 0 Å². The van der Waals surface area contributed by atoms with Crippen LogP contribution in [0.15, 0.2) is 78.9 Å². The second-order valence-electron chi connectivity index (χ2n) is 12.7. The number of aryl methyl sites for hydroxylation is 1. The molecule has 5 N–H and O–H groups in total. The molecule has 1 saturated heterocycles. The summed E-state index contributed by atoms with van der Waals surface area (Å²) in [6.45, 7) is 9.77. The molecular weight excluding hydrogens is 582 g/mol. The number of thiocarbonyl (C=S) groups is 1. The predicted octanol–water partition coefficient (Wildman–Crippen LogP) is 6.87. The van der Waals surface area contributed by atoms with Crippen molar-refractivity contribution in [3.05, 3.63) is 101 Å². The summed E-state index contributed by atoms with van der Waals surface area (Å²) in [7, 11) is 0. The van der Waals surface area contributed by atoms with Crippen molar-refractivity contribution in [2.24, 2.45) is 11.7 Å². The van der Waals surface area contributed by atoms with Crippen LogP contribution in [0, 0.1) is 12.8 Å². The molecule has 3 amide bonds. The number of urea groups is 1. The third-order valence-electron chi connectivity index (χ3n) is 8.01. The Hall–Kier alpha value is -4.70. The van der Waals surface area contributed by atoms with E-state index in [1.54, 1.807) is 10.7 Å². The number of anilines is 3. The van der Waals surface area contributed by atoms with Crippen molar-refractivity contribution in [3.8, 4) is 5.69 Å². The van der Waals surface area contributed by atoms with Gasteiger partial charge in [-0.3, -0.25) is 10.1 Å². The van der Waals surface area contributed by atoms with Gasteiger partial charge in [0.15, 0.2) is 5.11 Å². The molecule has 9 nitrogen and oxygen atoms in total. The summed E-state index contributed by atoms with van der Waals surface area (Å²) in [6.07, 6.45) is 2.79. The van der Waals surface area contributed by atoms with Gasteiger partial charge in [-0.05, 0) is 92.4 Å². The Morgan fingerprint density at radius 2 is 1.60 bits per heavy atom. The molecular formula is C35H41N7O2S. The van der Waals surface area contributed by atoms with Gasteiger partial charge in [-0.25, -0.2) is 9.48 Å². The molecule has 1 aliphatic heterocycles. The molecule has 0 bridgehead atoms. The fraction of sp³-hybridized carbons (Fsp3) is 0.314. The molecule has 0 saturated carbocycles. The van der Waals surface area contributed by atoms with E-state index in [1.807, 2.05) is 72.5 Å². The number of nitrogens with two attached hydrogens (primary N) is 1. The lowest BCUT2D eigenvalue weighted by molar-refractivity contribution is 0.0690. The van der Waals surface area contributed by atoms with Crippen LogP contribution in [0.2, 0.25) is 0 Å². The Bertz CT molecular complexity index is 1670. The van der Waals surface area contributed by atoms with Gasteiger partial charge < -0.3 is 21.3 Å². The highest BCUT2D eigenvalue weighted by atomic mass is 32.1. The van der Waals surface area contributed by atoms with Gasteiger partial charge in [0.1, 0.15) is 5.82 Å². The molecule has 0 spiro atoms. The van der Waals surface area contributed by atoms with Crippen molar-refractivity contribution in [2.45, 2.75) is 52.4 Å². The molecule has 0 radical (unpaired) electrons. The SMILES string of the molecule is Cc1ccc(-n2nc(C(C)(C)C)cc2NC(=O)Nc2ccc(CC3CCN(C(=O)c4cccc(NC(N)=S)c4)CC3)cc2)cc1. The van der Waals surface area contributed by atoms with Crippen LogP contribution in [0.4, 0.5) is 22.0 Å². The minimum absolute atomic E-state index is 0.0188. The number of piperidine rings is 1. The number of aromatic nitrogens is 2. The first-order chi connectivity index (χ1) is 21.4. The average Bonchev–Trinajstić information content (AvgIpc) is 3.42. The zero-order chi connectivity index (χ0) is 32.1. The van der Waals surface area contributed by atoms with Crippen molar-refractivity contribution in [3.63, 3.8) is 0 Å². The third kappa shape index (κ3) is 8.27. The molecule has 0 atom stereocenters. The molecule has 234 valence electrons. The Kier molecular flexibility index (Phi) is 9.53. The van der Waals surface area contributed by atoms with E-state index in [1.165, 1.54) is 5.56 Å². The molecule has 0 unspecified atom stereocenters. The van der Waals surface area contributed by atoms with Gasteiger partial charge in [0.2, 0.25) is 0 Å². The van der Waals surface area contributed by atoms with Crippen molar-refractivity contribution in [1.29, 1.82) is 0 Å². The average molecular weight is 624 g/mol. The summed E-state index contributed by atoms with van der Waals surface area (Å²) in [5.41, 5.74) is 11.6. The normalized spacial score (nSPS) is 13.7. The van der Waals surface area contributed by atoms with Crippen LogP contribution in [0.1, 0.15) is 60.8 Å². The maximum atomic E-state index is 13.1. The maximum Gasteiger partial charge on any atom is 0.324 e. The molecule has 1 fully saturated rings. The molecule has 1 aromatic heterocycles. The summed E-state index contributed by atoms with van der Waals surface area (Å²) in [4.78, 5) is 28.0. The van der Waals surface area contributed by atoms with E-state index in [2.05, 4.69) is 48.9 Å². The largest absolute Gasteiger partial charge is 0.376 e. The topological polar surface area (TPSA) is 117 Å². The summed E-state index contributed by atoms with van der Waals surface area (Å²) in [6, 6.07) is 24.9. The number of hydrogen-bond donors (Lipinski definition) is 4. The molecule has 45 heavy (non-hydrogen) atoms. The number of nitrogens with one attached hydrogen (secondary N) is 3. The Morgan fingerprint density at radius 1 is 0.911 bits per heavy atom. The first-order valence-electron chi connectivity index (χ1n) is 15.2. The van der Waals surface area contributed by atoms with Gasteiger partial charge in [-0.2, -0.15) is 5.10 Å². The number of nitrogens with zero attached hydrogens (tertiary/aromatic N) is 3. The second-order valence-corrected chi connectivity index (χ2v) is 13.1. The van der Waals surface area contributed by atoms with Gasteiger partial charge in [0.05, 0.1) is 11.4 Å². The number of carbonyl (C=O) groups excluding carboxylic acids is 2. The molecule has 0 aliphatic carbocycles. The molecule has 1 aliphatic rings. The second kappa shape index (κ2) is 13.5. The highest BCUT2D eigenvalue weighted by Gasteiger charge is 2.24. The number of amides is 3. The molecule has 10 heteroatoms. The van der Waals surface area contributed by atoms with E-state index in [0.717, 1.165) is 36.2 Å². The van der Waals surface area contributed by atoms with Gasteiger partial charge in [-0.1, -0.05) is 56.7 Å². The lowest BCUT2D eigenvalue weighted by Crippen LogP contribution is -2.39. The van der Waals surface area contributed by atoms with Crippen LogP contribution in [0.5, 0.6) is 0 Å². The van der Waals surface area contributed by atoms with Crippen LogP contribution < -0.4 is 21.7 Å². The van der Waals surface area contributed by atoms with E-state index < -0.39 is 0 Å². The van der Waals surface area contributed by atoms with Gasteiger partial charge in [0.25, 0.3) is 5.91 Å². The maximum absolute atomic E-state index is 13.1. The van der Waals surface area contributed by atoms with E-state index >= 15 is 0 Å². The summed E-state index contributed by atoms with van der Waals surface area (Å²) in [5, 5.41) is 13.8. The number of rotatable bonds is 7. The quantitative estimate of drug-likeness (QED) is 0.167. The number of benzene rings is 3. The molecule has 2 heterocycles. The van der Waals surface area contributed by atoms with Crippen LogP contribution in [0.3, 0.4) is 0 Å². The summed E-state index contributed by atoms with van der Waals surface area (Å²) < 4.78 is 1.77. The molecule has 4 aromatic rings. The van der Waals surface area contributed by atoms with Crippen molar-refractivity contribution in [2.75, 3.05) is 29.0 Å². The summed E-state index contributed by atoms with van der Waals surface area (Å²) >= 11 is 4.91. The van der Waals surface area contributed by atoms with Crippen molar-refractivity contribution < 1.29 is 9.59 Å². The molecule has 3 aromatic carbocycles. The van der Waals surface area contributed by atoms with Crippen molar-refractivity contribution >= 4 is 46.5 Å². The fourth-order valence-electron chi connectivity index (χ4n) is 5.45. The number of carbonyl (C=O) groups is 2. The van der Waals surface area contributed by atoms with Crippen LogP contribution >= 0.6 is 12.2 Å². The van der Waals surface area contributed by atoms with E-state index in [4.69, 9.17) is 23.1 Å². The van der Waals surface area contributed by atoms with E-state index in [0.29, 0.717) is 41.8 Å². The molecule has 5 rings (SSSR count). The monoisotopic (exact) mass is 623 g/mol. The van der Waals surface area contributed by atoms with E-state index in [-0.39, 0.29) is 22.5 Å². The first kappa shape index (κ1) is 31.7. The highest BCUT2D eigenvalue weighted by Crippen LogP contribution is 2.27. The lowest BCUT2D eigenvalue weighted by Gasteiger charge is -2.32. The standard InChI is InChI=1S/C35H41N7O2S/c1-23-8-14-29(15-9-23)42-31(22-30(40-42)35(2,3)4)39-34(44)38-27-12-10-24(11-13-27)20-25-16-18-41(19-17-25)32(43)26-6-5-7-28(21-26)37-33(36)45/h5-15,21-22,25H,16-20H2,1-4H3,(H3,36,37,45)(H2,38,39,44). The zero-order valence-corrected chi connectivity index (χ0v) is 27.1. The first-order valence-corrected chi connectivity index (χ1v) is 15.7. The predicted molar refractivity (Wildman–Crippen MR) is 185 cm³/mol. The van der Waals surface area contributed by atoms with Gasteiger partial charge in [0, 0.05) is 41.5 Å². The Labute approximate surface area is 270 Å². The Balaban J connectivity index is 1.15. The Morgan fingerprint density at radius 3 is 2.24 bits per heavy atom. The van der Waals surface area contributed by atoms with Crippen LogP contribution in [0.25, 0.3) is 5.69 Å². The van der Waals surface area contributed by atoms with Crippen LogP contribution in [-0.2, 0) is 11.8 Å². The fourth-order valence-corrected chi connectivity index (χ4v) is 5.57.